The molecular formula is C21H25N5O4S. The first kappa shape index (κ1) is 21.3. The lowest BCUT2D eigenvalue weighted by molar-refractivity contribution is -0.132. The fourth-order valence-electron chi connectivity index (χ4n) is 3.84. The lowest BCUT2D eigenvalue weighted by Crippen LogP contribution is -2.41. The van der Waals surface area contributed by atoms with E-state index in [0.717, 1.165) is 24.3 Å². The van der Waals surface area contributed by atoms with Gasteiger partial charge >= 0.3 is 0 Å². The fourth-order valence-corrected chi connectivity index (χ4v) is 4.87. The molecule has 1 aromatic carbocycles. The average Bonchev–Trinajstić information content (AvgIpc) is 3.23. The molecule has 1 N–H and O–H groups in total. The van der Waals surface area contributed by atoms with Gasteiger partial charge in [-0.05, 0) is 49.2 Å². The van der Waals surface area contributed by atoms with E-state index in [1.807, 2.05) is 28.8 Å². The molecule has 31 heavy (non-hydrogen) atoms. The van der Waals surface area contributed by atoms with Crippen LogP contribution in [0.3, 0.4) is 0 Å². The van der Waals surface area contributed by atoms with Crippen LogP contribution in [0.15, 0.2) is 53.6 Å². The quantitative estimate of drug-likeness (QED) is 0.597. The Morgan fingerprint density at radius 1 is 1.19 bits per heavy atom. The van der Waals surface area contributed by atoms with Gasteiger partial charge in [0.1, 0.15) is 11.6 Å². The second-order valence-corrected chi connectivity index (χ2v) is 9.26. The Morgan fingerprint density at radius 2 is 2.00 bits per heavy atom. The number of pyridine rings is 1. The van der Waals surface area contributed by atoms with Crippen molar-refractivity contribution in [3.8, 4) is 5.75 Å². The molecule has 1 aliphatic heterocycles. The van der Waals surface area contributed by atoms with Gasteiger partial charge in [0.25, 0.3) is 0 Å². The highest BCUT2D eigenvalue weighted by molar-refractivity contribution is 7.89. The first-order chi connectivity index (χ1) is 15.0. The molecule has 0 radical (unpaired) electrons. The van der Waals surface area contributed by atoms with Gasteiger partial charge in [0.05, 0.1) is 12.0 Å². The van der Waals surface area contributed by atoms with E-state index in [9.17, 15) is 13.2 Å². The van der Waals surface area contributed by atoms with Crippen LogP contribution in [-0.4, -0.2) is 60.6 Å². The van der Waals surface area contributed by atoms with E-state index in [4.69, 9.17) is 4.74 Å². The number of likely N-dealkylation sites (tertiary alicyclic amines) is 1. The van der Waals surface area contributed by atoms with Gasteiger partial charge in [-0.25, -0.2) is 13.1 Å². The van der Waals surface area contributed by atoms with Crippen molar-refractivity contribution in [3.63, 3.8) is 0 Å². The highest BCUT2D eigenvalue weighted by atomic mass is 32.2. The maximum Gasteiger partial charge on any atom is 0.240 e. The Bertz CT molecular complexity index is 1160. The number of hydrogen-bond donors (Lipinski definition) is 1. The van der Waals surface area contributed by atoms with Gasteiger partial charge in [-0.3, -0.25) is 9.20 Å². The molecule has 1 atom stereocenters. The molecule has 2 aromatic heterocycles. The minimum atomic E-state index is -3.68. The minimum Gasteiger partial charge on any atom is -0.497 e. The molecule has 164 valence electrons. The van der Waals surface area contributed by atoms with E-state index in [1.54, 1.807) is 17.0 Å². The van der Waals surface area contributed by atoms with E-state index in [-0.39, 0.29) is 29.7 Å². The zero-order valence-corrected chi connectivity index (χ0v) is 18.1. The zero-order chi connectivity index (χ0) is 21.8. The van der Waals surface area contributed by atoms with Crippen molar-refractivity contribution in [2.75, 3.05) is 26.7 Å². The summed E-state index contributed by atoms with van der Waals surface area (Å²) in [6.07, 6.45) is 3.83. The number of nitrogens with one attached hydrogen (secondary N) is 1. The van der Waals surface area contributed by atoms with Crippen molar-refractivity contribution in [2.24, 2.45) is 0 Å². The molecule has 1 amide bonds. The number of rotatable bonds is 7. The number of methoxy groups -OCH3 is 1. The third kappa shape index (κ3) is 4.70. The van der Waals surface area contributed by atoms with Gasteiger partial charge in [0, 0.05) is 38.2 Å². The van der Waals surface area contributed by atoms with Crippen molar-refractivity contribution in [1.29, 1.82) is 0 Å². The Kier molecular flexibility index (Phi) is 6.19. The normalized spacial score (nSPS) is 17.1. The van der Waals surface area contributed by atoms with E-state index >= 15 is 0 Å². The number of aromatic nitrogens is 3. The molecule has 0 unspecified atom stereocenters. The molecule has 4 rings (SSSR count). The predicted octanol–water partition coefficient (Wildman–Crippen LogP) is 1.81. The Labute approximate surface area is 181 Å². The Morgan fingerprint density at radius 3 is 2.77 bits per heavy atom. The number of amides is 1. The maximum atomic E-state index is 12.7. The van der Waals surface area contributed by atoms with Gasteiger partial charge < -0.3 is 9.64 Å². The lowest BCUT2D eigenvalue weighted by atomic mass is 9.97. The fraction of sp³-hybridized carbons (Fsp3) is 0.381. The first-order valence-corrected chi connectivity index (χ1v) is 11.7. The summed E-state index contributed by atoms with van der Waals surface area (Å²) in [6, 6.07) is 11.9. The number of carbonyl (C=O) groups is 1. The topological polar surface area (TPSA) is 106 Å². The van der Waals surface area contributed by atoms with Crippen LogP contribution in [0.4, 0.5) is 0 Å². The standard InChI is InChI=1S/C21H25N5O4S/c1-30-17-7-9-18(10-8-17)31(28,29)22-12-11-20(27)25-13-4-5-16(15-25)21-24-23-19-6-2-3-14-26(19)21/h2-3,6-10,14,16,22H,4-5,11-13,15H2,1H3/t16-/m0/s1. The molecule has 1 fully saturated rings. The number of piperidine rings is 1. The van der Waals surface area contributed by atoms with Crippen molar-refractivity contribution < 1.29 is 17.9 Å². The number of hydrogen-bond acceptors (Lipinski definition) is 6. The number of nitrogens with zero attached hydrogens (tertiary/aromatic N) is 4. The number of fused-ring (bicyclic) bond motifs is 1. The van der Waals surface area contributed by atoms with Crippen LogP contribution < -0.4 is 9.46 Å². The van der Waals surface area contributed by atoms with Gasteiger partial charge in [-0.15, -0.1) is 10.2 Å². The molecule has 0 aliphatic carbocycles. The summed E-state index contributed by atoms with van der Waals surface area (Å²) >= 11 is 0. The number of sulfonamides is 1. The number of carbonyl (C=O) groups excluding carboxylic acids is 1. The summed E-state index contributed by atoms with van der Waals surface area (Å²) in [5.41, 5.74) is 0.786. The SMILES string of the molecule is COc1ccc(S(=O)(=O)NCCC(=O)N2CCC[C@H](c3nnc4ccccn34)C2)cc1. The molecular weight excluding hydrogens is 418 g/mol. The van der Waals surface area contributed by atoms with Crippen LogP contribution in [0.25, 0.3) is 5.65 Å². The smallest absolute Gasteiger partial charge is 0.240 e. The van der Waals surface area contributed by atoms with E-state index in [0.29, 0.717) is 18.8 Å². The third-order valence-electron chi connectivity index (χ3n) is 5.48. The van der Waals surface area contributed by atoms with Gasteiger partial charge in [-0.2, -0.15) is 0 Å². The van der Waals surface area contributed by atoms with E-state index in [1.165, 1.54) is 19.2 Å². The van der Waals surface area contributed by atoms with Crippen LogP contribution in [0.5, 0.6) is 5.75 Å². The number of ether oxygens (including phenoxy) is 1. The van der Waals surface area contributed by atoms with Gasteiger partial charge in [0.15, 0.2) is 5.65 Å². The average molecular weight is 444 g/mol. The van der Waals surface area contributed by atoms with E-state index < -0.39 is 10.0 Å². The monoisotopic (exact) mass is 443 g/mol. The van der Waals surface area contributed by atoms with Crippen LogP contribution in [0.2, 0.25) is 0 Å². The molecule has 1 aliphatic rings. The van der Waals surface area contributed by atoms with Crippen LogP contribution in [0.1, 0.15) is 31.0 Å². The van der Waals surface area contributed by atoms with Crippen LogP contribution in [-0.2, 0) is 14.8 Å². The van der Waals surface area contributed by atoms with Gasteiger partial charge in [-0.1, -0.05) is 6.07 Å². The molecule has 10 heteroatoms. The van der Waals surface area contributed by atoms with Crippen molar-refractivity contribution >= 4 is 21.6 Å². The molecule has 3 heterocycles. The molecule has 0 saturated carbocycles. The molecule has 3 aromatic rings. The molecule has 9 nitrogen and oxygen atoms in total. The predicted molar refractivity (Wildman–Crippen MR) is 114 cm³/mol. The first-order valence-electron chi connectivity index (χ1n) is 10.2. The third-order valence-corrected chi connectivity index (χ3v) is 6.96. The van der Waals surface area contributed by atoms with Crippen molar-refractivity contribution in [3.05, 3.63) is 54.5 Å². The summed E-state index contributed by atoms with van der Waals surface area (Å²) in [5, 5.41) is 8.53. The molecule has 1 saturated heterocycles. The second-order valence-electron chi connectivity index (χ2n) is 7.49. The zero-order valence-electron chi connectivity index (χ0n) is 17.3. The lowest BCUT2D eigenvalue weighted by Gasteiger charge is -2.32. The van der Waals surface area contributed by atoms with Crippen molar-refractivity contribution in [2.45, 2.75) is 30.1 Å². The summed E-state index contributed by atoms with van der Waals surface area (Å²) in [5.74, 6) is 1.46. The summed E-state index contributed by atoms with van der Waals surface area (Å²) in [7, 11) is -2.16. The highest BCUT2D eigenvalue weighted by Gasteiger charge is 2.28. The maximum absolute atomic E-state index is 12.7. The largest absolute Gasteiger partial charge is 0.497 e. The van der Waals surface area contributed by atoms with E-state index in [2.05, 4.69) is 14.9 Å². The Hall–Kier alpha value is -2.98. The molecule has 0 spiro atoms. The highest BCUT2D eigenvalue weighted by Crippen LogP contribution is 2.26. The summed E-state index contributed by atoms with van der Waals surface area (Å²) < 4.78 is 34.4. The summed E-state index contributed by atoms with van der Waals surface area (Å²) in [6.45, 7) is 1.26. The molecule has 0 bridgehead atoms. The second kappa shape index (κ2) is 9.03. The van der Waals surface area contributed by atoms with Crippen LogP contribution >= 0.6 is 0 Å². The minimum absolute atomic E-state index is 0.0439. The number of benzene rings is 1. The summed E-state index contributed by atoms with van der Waals surface area (Å²) in [4.78, 5) is 14.6. The Balaban J connectivity index is 1.34. The van der Waals surface area contributed by atoms with Gasteiger partial charge in [0.2, 0.25) is 15.9 Å². The van der Waals surface area contributed by atoms with Crippen LogP contribution in [0, 0.1) is 0 Å². The van der Waals surface area contributed by atoms with Crippen molar-refractivity contribution in [1.82, 2.24) is 24.2 Å².